The van der Waals surface area contributed by atoms with Gasteiger partial charge in [0.05, 0.1) is 18.4 Å². The quantitative estimate of drug-likeness (QED) is 0.178. The normalized spacial score (nSPS) is 15.8. The fourth-order valence-electron chi connectivity index (χ4n) is 3.14. The second kappa shape index (κ2) is 16.0. The Hall–Kier alpha value is 0.0300. The Balaban J connectivity index is 3.52. The van der Waals surface area contributed by atoms with Gasteiger partial charge in [-0.25, -0.2) is 0 Å². The van der Waals surface area contributed by atoms with Crippen LogP contribution < -0.4 is 5.73 Å². The maximum Gasteiger partial charge on any atom is 0.325 e. The highest BCUT2D eigenvalue weighted by Gasteiger charge is 2.25. The van der Waals surface area contributed by atoms with Gasteiger partial charge < -0.3 is 25.7 Å². The van der Waals surface area contributed by atoms with Crippen LogP contribution in [0.15, 0.2) is 0 Å². The molecule has 0 spiro atoms. The molecule has 0 bridgehead atoms. The first kappa shape index (κ1) is 26.0. The van der Waals surface area contributed by atoms with E-state index in [9.17, 15) is 14.8 Å². The molecule has 0 saturated heterocycles. The summed E-state index contributed by atoms with van der Waals surface area (Å²) < 4.78 is 10.8. The molecule has 0 aromatic carbocycles. The van der Waals surface area contributed by atoms with Crippen molar-refractivity contribution >= 4 is 7.60 Å². The Labute approximate surface area is 159 Å². The van der Waals surface area contributed by atoms with Crippen LogP contribution in [0.5, 0.6) is 0 Å². The van der Waals surface area contributed by atoms with Gasteiger partial charge in [0.2, 0.25) is 0 Å². The Morgan fingerprint density at radius 3 is 1.62 bits per heavy atom. The van der Waals surface area contributed by atoms with Gasteiger partial charge in [0, 0.05) is 6.04 Å². The third-order valence-electron chi connectivity index (χ3n) is 4.94. The van der Waals surface area contributed by atoms with Crippen molar-refractivity contribution in [1.82, 2.24) is 0 Å². The molecule has 6 nitrogen and oxygen atoms in total. The van der Waals surface area contributed by atoms with Crippen molar-refractivity contribution in [3.63, 3.8) is 0 Å². The second-order valence-electron chi connectivity index (χ2n) is 7.58. The van der Waals surface area contributed by atoms with Crippen LogP contribution in [-0.2, 0) is 4.57 Å². The van der Waals surface area contributed by atoms with Crippen molar-refractivity contribution in [3.8, 4) is 0 Å². The van der Waals surface area contributed by atoms with Crippen LogP contribution in [0.2, 0.25) is 0 Å². The zero-order valence-corrected chi connectivity index (χ0v) is 17.5. The molecule has 0 amide bonds. The molecule has 0 aliphatic carbocycles. The summed E-state index contributed by atoms with van der Waals surface area (Å²) in [4.78, 5) is 17.6. The zero-order valence-electron chi connectivity index (χ0n) is 16.6. The van der Waals surface area contributed by atoms with Crippen LogP contribution in [0.1, 0.15) is 96.8 Å². The number of aliphatic hydroxyl groups excluding tert-OH is 2. The molecule has 0 unspecified atom stereocenters. The van der Waals surface area contributed by atoms with E-state index in [2.05, 4.69) is 6.92 Å². The molecule has 0 aliphatic heterocycles. The Morgan fingerprint density at radius 2 is 1.19 bits per heavy atom. The molecule has 0 saturated carbocycles. The third kappa shape index (κ3) is 16.2. The van der Waals surface area contributed by atoms with E-state index in [0.29, 0.717) is 6.42 Å². The van der Waals surface area contributed by atoms with Crippen molar-refractivity contribution in [2.45, 2.75) is 115 Å². The van der Waals surface area contributed by atoms with E-state index in [1.54, 1.807) is 0 Å². The molecule has 0 radical (unpaired) electrons. The smallest absolute Gasteiger partial charge is 0.325 e. The van der Waals surface area contributed by atoms with Gasteiger partial charge in [0.25, 0.3) is 0 Å². The highest BCUT2D eigenvalue weighted by molar-refractivity contribution is 7.51. The summed E-state index contributed by atoms with van der Waals surface area (Å²) in [5.74, 6) is 0. The SMILES string of the molecule is CCCCCCCCCCCCCC[C@H](O)[C@@H](O)[C@@H](N)CCP(=O)(O)O. The summed E-state index contributed by atoms with van der Waals surface area (Å²) in [5, 5.41) is 19.9. The third-order valence-corrected chi connectivity index (χ3v) is 5.78. The highest BCUT2D eigenvalue weighted by Crippen LogP contribution is 2.35. The second-order valence-corrected chi connectivity index (χ2v) is 9.35. The lowest BCUT2D eigenvalue weighted by atomic mass is 9.98. The minimum Gasteiger partial charge on any atom is -0.390 e. The van der Waals surface area contributed by atoms with Gasteiger partial charge in [-0.1, -0.05) is 84.0 Å². The van der Waals surface area contributed by atoms with Gasteiger partial charge in [0.15, 0.2) is 0 Å². The lowest BCUT2D eigenvalue weighted by Gasteiger charge is -2.24. The van der Waals surface area contributed by atoms with Gasteiger partial charge in [-0.2, -0.15) is 0 Å². The van der Waals surface area contributed by atoms with Gasteiger partial charge in [-0.05, 0) is 12.8 Å². The van der Waals surface area contributed by atoms with Crippen LogP contribution in [-0.4, -0.2) is 44.4 Å². The topological polar surface area (TPSA) is 124 Å². The molecule has 158 valence electrons. The Morgan fingerprint density at radius 1 is 0.769 bits per heavy atom. The fourth-order valence-corrected chi connectivity index (χ4v) is 3.77. The van der Waals surface area contributed by atoms with Gasteiger partial charge in [0.1, 0.15) is 0 Å². The number of hydrogen-bond donors (Lipinski definition) is 5. The first-order chi connectivity index (χ1) is 12.3. The first-order valence-corrected chi connectivity index (χ1v) is 12.2. The number of rotatable bonds is 18. The van der Waals surface area contributed by atoms with Crippen LogP contribution in [0, 0.1) is 0 Å². The molecule has 0 rings (SSSR count). The molecule has 6 N–H and O–H groups in total. The average Bonchev–Trinajstić information content (AvgIpc) is 2.59. The van der Waals surface area contributed by atoms with E-state index in [1.165, 1.54) is 57.8 Å². The summed E-state index contributed by atoms with van der Waals surface area (Å²) in [5.41, 5.74) is 5.71. The summed E-state index contributed by atoms with van der Waals surface area (Å²) in [6.45, 7) is 2.24. The average molecular weight is 396 g/mol. The standard InChI is InChI=1S/C19H42NO5P/c1-2-3-4-5-6-7-8-9-10-11-12-13-14-18(21)19(22)17(20)15-16-26(23,24)25/h17-19,21-22H,2-16,20H2,1H3,(H2,23,24,25)/t17-,18-,19-/m0/s1. The molecule has 7 heteroatoms. The van der Waals surface area contributed by atoms with Crippen molar-refractivity contribution < 1.29 is 24.6 Å². The van der Waals surface area contributed by atoms with E-state index in [1.807, 2.05) is 0 Å². The fraction of sp³-hybridized carbons (Fsp3) is 1.00. The molecule has 3 atom stereocenters. The monoisotopic (exact) mass is 395 g/mol. The molecular weight excluding hydrogens is 353 g/mol. The zero-order chi connectivity index (χ0) is 19.8. The van der Waals surface area contributed by atoms with Crippen molar-refractivity contribution in [1.29, 1.82) is 0 Å². The highest BCUT2D eigenvalue weighted by atomic mass is 31.2. The van der Waals surface area contributed by atoms with E-state index in [4.69, 9.17) is 15.5 Å². The van der Waals surface area contributed by atoms with Crippen LogP contribution >= 0.6 is 7.60 Å². The number of aliphatic hydroxyl groups is 2. The van der Waals surface area contributed by atoms with Crippen LogP contribution in [0.3, 0.4) is 0 Å². The minimum atomic E-state index is -4.11. The predicted octanol–water partition coefficient (Wildman–Crippen LogP) is 3.69. The number of unbranched alkanes of at least 4 members (excludes halogenated alkanes) is 11. The van der Waals surface area contributed by atoms with Crippen LogP contribution in [0.25, 0.3) is 0 Å². The maximum absolute atomic E-state index is 10.8. The number of hydrogen-bond acceptors (Lipinski definition) is 4. The summed E-state index contributed by atoms with van der Waals surface area (Å²) in [7, 11) is -4.11. The summed E-state index contributed by atoms with van der Waals surface area (Å²) in [6, 6.07) is -0.810. The lowest BCUT2D eigenvalue weighted by molar-refractivity contribution is -0.00225. The molecule has 26 heavy (non-hydrogen) atoms. The molecule has 0 aromatic heterocycles. The first-order valence-electron chi connectivity index (χ1n) is 10.4. The van der Waals surface area contributed by atoms with Gasteiger partial charge in [-0.15, -0.1) is 0 Å². The minimum absolute atomic E-state index is 0.000941. The van der Waals surface area contributed by atoms with Crippen molar-refractivity contribution in [2.24, 2.45) is 5.73 Å². The predicted molar refractivity (Wildman–Crippen MR) is 107 cm³/mol. The Kier molecular flexibility index (Phi) is 16.0. The van der Waals surface area contributed by atoms with E-state index in [-0.39, 0.29) is 12.6 Å². The molecular formula is C19H42NO5P. The molecule has 0 heterocycles. The van der Waals surface area contributed by atoms with Gasteiger partial charge >= 0.3 is 7.60 Å². The Bertz CT molecular complexity index is 364. The van der Waals surface area contributed by atoms with E-state index >= 15 is 0 Å². The van der Waals surface area contributed by atoms with E-state index in [0.717, 1.165) is 19.3 Å². The molecule has 0 aliphatic rings. The summed E-state index contributed by atoms with van der Waals surface area (Å²) in [6.07, 6.45) is 12.9. The van der Waals surface area contributed by atoms with Crippen molar-refractivity contribution in [3.05, 3.63) is 0 Å². The maximum atomic E-state index is 10.8. The van der Waals surface area contributed by atoms with E-state index < -0.39 is 25.8 Å². The van der Waals surface area contributed by atoms with Crippen LogP contribution in [0.4, 0.5) is 0 Å². The number of nitrogens with two attached hydrogens (primary N) is 1. The lowest BCUT2D eigenvalue weighted by Crippen LogP contribution is -2.43. The van der Waals surface area contributed by atoms with Gasteiger partial charge in [-0.3, -0.25) is 4.57 Å². The molecule has 0 fully saturated rings. The summed E-state index contributed by atoms with van der Waals surface area (Å²) >= 11 is 0. The van der Waals surface area contributed by atoms with Crippen molar-refractivity contribution in [2.75, 3.05) is 6.16 Å². The molecule has 0 aromatic rings. The largest absolute Gasteiger partial charge is 0.390 e.